The summed E-state index contributed by atoms with van der Waals surface area (Å²) in [5.41, 5.74) is 4.58. The van der Waals surface area contributed by atoms with Gasteiger partial charge in [0.1, 0.15) is 17.2 Å². The third-order valence-corrected chi connectivity index (χ3v) is 7.27. The van der Waals surface area contributed by atoms with Crippen molar-refractivity contribution in [2.24, 2.45) is 5.18 Å². The SMILES string of the molecule is COc1cc(C(=O)SC(CC=C(C)C)c2cc(OC)c3c(NO)ccc(N=O)c3c2OC)cc(OC)c1OC. The molecule has 39 heavy (non-hydrogen) atoms. The summed E-state index contributed by atoms with van der Waals surface area (Å²) in [7, 11) is 7.41. The zero-order chi connectivity index (χ0) is 28.7. The van der Waals surface area contributed by atoms with Crippen molar-refractivity contribution in [3.05, 3.63) is 58.0 Å². The molecule has 0 aliphatic heterocycles. The lowest BCUT2D eigenvalue weighted by Crippen LogP contribution is -2.06. The number of hydrogen-bond donors (Lipinski definition) is 2. The minimum atomic E-state index is -0.454. The van der Waals surface area contributed by atoms with Crippen LogP contribution in [0.2, 0.25) is 0 Å². The molecule has 3 aromatic rings. The third-order valence-electron chi connectivity index (χ3n) is 6.09. The van der Waals surface area contributed by atoms with Crippen LogP contribution in [0.15, 0.2) is 47.2 Å². The normalized spacial score (nSPS) is 11.4. The Hall–Kier alpha value is -3.96. The van der Waals surface area contributed by atoms with E-state index in [1.807, 2.05) is 19.9 Å². The second kappa shape index (κ2) is 13.2. The summed E-state index contributed by atoms with van der Waals surface area (Å²) in [4.78, 5) is 25.4. The minimum absolute atomic E-state index is 0.0999. The molecule has 208 valence electrons. The van der Waals surface area contributed by atoms with Gasteiger partial charge in [-0.15, -0.1) is 4.91 Å². The van der Waals surface area contributed by atoms with Crippen molar-refractivity contribution in [1.29, 1.82) is 0 Å². The predicted octanol–water partition coefficient (Wildman–Crippen LogP) is 7.05. The smallest absolute Gasteiger partial charge is 0.220 e. The monoisotopic (exact) mass is 556 g/mol. The van der Waals surface area contributed by atoms with E-state index in [9.17, 15) is 14.9 Å². The first-order valence-electron chi connectivity index (χ1n) is 11.9. The number of carbonyl (C=O) groups is 1. The maximum Gasteiger partial charge on any atom is 0.220 e. The number of methoxy groups -OCH3 is 5. The second-order valence-corrected chi connectivity index (χ2v) is 9.79. The molecule has 0 heterocycles. The predicted molar refractivity (Wildman–Crippen MR) is 153 cm³/mol. The van der Waals surface area contributed by atoms with Crippen molar-refractivity contribution < 1.29 is 33.7 Å². The number of rotatable bonds is 12. The first-order chi connectivity index (χ1) is 18.8. The van der Waals surface area contributed by atoms with Gasteiger partial charge in [-0.1, -0.05) is 23.4 Å². The van der Waals surface area contributed by atoms with Gasteiger partial charge < -0.3 is 23.7 Å². The Kier molecular flexibility index (Phi) is 10.0. The van der Waals surface area contributed by atoms with Crippen molar-refractivity contribution in [3.8, 4) is 28.7 Å². The van der Waals surface area contributed by atoms with Crippen molar-refractivity contribution in [1.82, 2.24) is 0 Å². The van der Waals surface area contributed by atoms with Crippen LogP contribution in [-0.4, -0.2) is 45.9 Å². The number of allylic oxidation sites excluding steroid dienone is 2. The highest BCUT2D eigenvalue weighted by Crippen LogP contribution is 2.51. The Balaban J connectivity index is 2.24. The molecule has 10 nitrogen and oxygen atoms in total. The summed E-state index contributed by atoms with van der Waals surface area (Å²) in [6.07, 6.45) is 2.48. The zero-order valence-corrected chi connectivity index (χ0v) is 23.7. The fourth-order valence-electron chi connectivity index (χ4n) is 4.27. The summed E-state index contributed by atoms with van der Waals surface area (Å²) in [5.74, 6) is 1.81. The van der Waals surface area contributed by atoms with Crippen LogP contribution in [0.3, 0.4) is 0 Å². The molecule has 3 aromatic carbocycles. The maximum atomic E-state index is 13.7. The molecule has 11 heteroatoms. The van der Waals surface area contributed by atoms with Crippen LogP contribution in [0, 0.1) is 4.91 Å². The van der Waals surface area contributed by atoms with E-state index in [1.54, 1.807) is 18.2 Å². The first kappa shape index (κ1) is 29.6. The van der Waals surface area contributed by atoms with Gasteiger partial charge in [0, 0.05) is 16.4 Å². The van der Waals surface area contributed by atoms with E-state index in [-0.39, 0.29) is 10.8 Å². The van der Waals surface area contributed by atoms with Crippen molar-refractivity contribution in [2.45, 2.75) is 25.5 Å². The van der Waals surface area contributed by atoms with E-state index in [0.717, 1.165) is 17.3 Å². The molecule has 0 aromatic heterocycles. The summed E-state index contributed by atoms with van der Waals surface area (Å²) in [6.45, 7) is 3.93. The standard InChI is InChI=1S/C28H32N2O8S/c1-15(2)8-11-23(39-28(31)16-12-21(35-4)27(38-7)22(13-16)36-5)17-14-20(34-3)24-18(29-32)9-10-19(30-33)25(24)26(17)37-6/h8-10,12-14,23,29,32H,11H2,1-7H3. The number of fused-ring (bicyclic) bond motifs is 1. The molecule has 0 bridgehead atoms. The lowest BCUT2D eigenvalue weighted by molar-refractivity contribution is 0.108. The summed E-state index contributed by atoms with van der Waals surface area (Å²) in [6, 6.07) is 7.93. The Morgan fingerprint density at radius 1 is 0.923 bits per heavy atom. The number of benzene rings is 3. The highest BCUT2D eigenvalue weighted by atomic mass is 32.2. The van der Waals surface area contributed by atoms with Crippen LogP contribution in [0.4, 0.5) is 11.4 Å². The Morgan fingerprint density at radius 3 is 2.03 bits per heavy atom. The first-order valence-corrected chi connectivity index (χ1v) is 12.8. The molecule has 1 unspecified atom stereocenters. The molecule has 0 amide bonds. The Morgan fingerprint density at radius 2 is 1.54 bits per heavy atom. The maximum absolute atomic E-state index is 13.7. The largest absolute Gasteiger partial charge is 0.496 e. The number of ether oxygens (including phenoxy) is 5. The van der Waals surface area contributed by atoms with E-state index in [1.165, 1.54) is 47.7 Å². The van der Waals surface area contributed by atoms with E-state index in [2.05, 4.69) is 10.7 Å². The van der Waals surface area contributed by atoms with Gasteiger partial charge in [-0.2, -0.15) is 0 Å². The van der Waals surface area contributed by atoms with Gasteiger partial charge in [0.2, 0.25) is 10.9 Å². The summed E-state index contributed by atoms with van der Waals surface area (Å²) >= 11 is 1.08. The Bertz CT molecular complexity index is 1380. The Labute approximate surface area is 231 Å². The number of carbonyl (C=O) groups excluding carboxylic acids is 1. The average Bonchev–Trinajstić information content (AvgIpc) is 2.96. The third kappa shape index (κ3) is 6.04. The van der Waals surface area contributed by atoms with Gasteiger partial charge in [-0.3, -0.25) is 15.5 Å². The molecule has 0 spiro atoms. The lowest BCUT2D eigenvalue weighted by atomic mass is 9.97. The van der Waals surface area contributed by atoms with Crippen molar-refractivity contribution in [3.63, 3.8) is 0 Å². The van der Waals surface area contributed by atoms with E-state index >= 15 is 0 Å². The number of nitroso groups, excluding NO2 is 1. The topological polar surface area (TPSA) is 125 Å². The lowest BCUT2D eigenvalue weighted by Gasteiger charge is -2.22. The van der Waals surface area contributed by atoms with Gasteiger partial charge in [-0.25, -0.2) is 0 Å². The number of thioether (sulfide) groups is 1. The van der Waals surface area contributed by atoms with Crippen LogP contribution in [-0.2, 0) is 0 Å². The van der Waals surface area contributed by atoms with Crippen molar-refractivity contribution >= 4 is 39.0 Å². The highest BCUT2D eigenvalue weighted by Gasteiger charge is 2.28. The van der Waals surface area contributed by atoms with Gasteiger partial charge in [-0.05, 0) is 55.8 Å². The molecular weight excluding hydrogens is 524 g/mol. The van der Waals surface area contributed by atoms with Crippen LogP contribution < -0.4 is 29.2 Å². The summed E-state index contributed by atoms with van der Waals surface area (Å²) < 4.78 is 27.7. The van der Waals surface area contributed by atoms with Crippen LogP contribution >= 0.6 is 11.8 Å². The quantitative estimate of drug-likeness (QED) is 0.136. The van der Waals surface area contributed by atoms with E-state index in [4.69, 9.17) is 23.7 Å². The van der Waals surface area contributed by atoms with E-state index < -0.39 is 5.25 Å². The minimum Gasteiger partial charge on any atom is -0.496 e. The molecule has 0 aliphatic carbocycles. The number of nitrogens with zero attached hydrogens (tertiary/aromatic N) is 1. The molecule has 0 aliphatic rings. The summed E-state index contributed by atoms with van der Waals surface area (Å²) in [5, 5.41) is 13.0. The van der Waals surface area contributed by atoms with Gasteiger partial charge >= 0.3 is 0 Å². The molecule has 0 saturated carbocycles. The van der Waals surface area contributed by atoms with Crippen LogP contribution in [0.5, 0.6) is 28.7 Å². The zero-order valence-electron chi connectivity index (χ0n) is 22.9. The second-order valence-electron chi connectivity index (χ2n) is 8.61. The molecule has 1 atom stereocenters. The number of nitrogens with one attached hydrogen (secondary N) is 1. The van der Waals surface area contributed by atoms with Crippen molar-refractivity contribution in [2.75, 3.05) is 41.0 Å². The van der Waals surface area contributed by atoms with E-state index in [0.29, 0.717) is 62.8 Å². The van der Waals surface area contributed by atoms with Crippen LogP contribution in [0.1, 0.15) is 41.4 Å². The molecular formula is C28H32N2O8S. The average molecular weight is 557 g/mol. The molecule has 0 fully saturated rings. The molecule has 3 rings (SSSR count). The number of anilines is 1. The van der Waals surface area contributed by atoms with Crippen LogP contribution in [0.25, 0.3) is 10.8 Å². The fraction of sp³-hybridized carbons (Fsp3) is 0.321. The number of hydrogen-bond acceptors (Lipinski definition) is 11. The van der Waals surface area contributed by atoms with Gasteiger partial charge in [0.15, 0.2) is 11.5 Å². The fourth-order valence-corrected chi connectivity index (χ4v) is 5.27. The highest BCUT2D eigenvalue weighted by molar-refractivity contribution is 8.14. The molecule has 2 N–H and O–H groups in total. The molecule has 0 radical (unpaired) electrons. The van der Waals surface area contributed by atoms with Gasteiger partial charge in [0.25, 0.3) is 0 Å². The molecule has 0 saturated heterocycles. The van der Waals surface area contributed by atoms with Gasteiger partial charge in [0.05, 0.1) is 52.0 Å².